The van der Waals surface area contributed by atoms with E-state index in [1.54, 1.807) is 0 Å². The molecule has 0 radical (unpaired) electrons. The fraction of sp³-hybridized carbons (Fsp3) is 0.600. The van der Waals surface area contributed by atoms with Crippen LogP contribution in [0.25, 0.3) is 0 Å². The molecule has 0 saturated carbocycles. The van der Waals surface area contributed by atoms with E-state index in [4.69, 9.17) is 11.6 Å². The Morgan fingerprint density at radius 3 is 1.76 bits per heavy atom. The molecule has 0 aromatic heterocycles. The van der Waals surface area contributed by atoms with Crippen molar-refractivity contribution >= 4 is 11.6 Å². The van der Waals surface area contributed by atoms with Gasteiger partial charge in [-0.25, -0.2) is 0 Å². The normalized spacial score (nSPS) is 9.59. The van der Waals surface area contributed by atoms with Gasteiger partial charge in [0.2, 0.25) is 0 Å². The average molecular weight is 258 g/mol. The molecule has 0 aliphatic rings. The summed E-state index contributed by atoms with van der Waals surface area (Å²) in [4.78, 5) is 0. The molecular formula is C15H28ClN. The first-order valence-corrected chi connectivity index (χ1v) is 6.75. The van der Waals surface area contributed by atoms with Gasteiger partial charge in [-0.15, -0.1) is 0 Å². The van der Waals surface area contributed by atoms with Gasteiger partial charge in [0, 0.05) is 5.02 Å². The van der Waals surface area contributed by atoms with Crippen LogP contribution in [0.15, 0.2) is 30.3 Å². The molecule has 0 bridgehead atoms. The highest BCUT2D eigenvalue weighted by Gasteiger charge is 2.11. The lowest BCUT2D eigenvalue weighted by molar-refractivity contribution is 0.339. The number of rotatable bonds is 3. The maximum atomic E-state index is 5.54. The maximum Gasteiger partial charge on any atom is 0.0405 e. The van der Waals surface area contributed by atoms with Crippen molar-refractivity contribution in [2.45, 2.75) is 41.0 Å². The van der Waals surface area contributed by atoms with Crippen LogP contribution in [-0.2, 0) is 0 Å². The van der Waals surface area contributed by atoms with Gasteiger partial charge in [0.25, 0.3) is 0 Å². The van der Waals surface area contributed by atoms with Crippen LogP contribution in [0.3, 0.4) is 0 Å². The van der Waals surface area contributed by atoms with Crippen LogP contribution in [0.1, 0.15) is 41.0 Å². The first kappa shape index (κ1) is 18.8. The van der Waals surface area contributed by atoms with E-state index in [0.717, 1.165) is 11.6 Å². The number of nitrogens with one attached hydrogen (secondary N) is 1. The molecule has 1 aromatic carbocycles. The van der Waals surface area contributed by atoms with E-state index in [1.165, 1.54) is 6.42 Å². The summed E-state index contributed by atoms with van der Waals surface area (Å²) in [7, 11) is 2.00. The van der Waals surface area contributed by atoms with E-state index in [1.807, 2.05) is 51.2 Å². The third kappa shape index (κ3) is 13.4. The highest BCUT2D eigenvalue weighted by Crippen LogP contribution is 2.16. The number of hydrogen-bond donors (Lipinski definition) is 1. The first-order valence-electron chi connectivity index (χ1n) is 6.37. The summed E-state index contributed by atoms with van der Waals surface area (Å²) in [5.41, 5.74) is 0.481. The Labute approximate surface area is 113 Å². The van der Waals surface area contributed by atoms with Gasteiger partial charge in [0.05, 0.1) is 0 Å². The van der Waals surface area contributed by atoms with Crippen molar-refractivity contribution in [3.8, 4) is 0 Å². The second-order valence-corrected chi connectivity index (χ2v) is 4.78. The van der Waals surface area contributed by atoms with Gasteiger partial charge in [0.1, 0.15) is 0 Å². The van der Waals surface area contributed by atoms with Crippen molar-refractivity contribution in [1.82, 2.24) is 5.32 Å². The molecule has 0 unspecified atom stereocenters. The largest absolute Gasteiger partial charge is 0.319 e. The van der Waals surface area contributed by atoms with E-state index in [0.29, 0.717) is 5.41 Å². The minimum absolute atomic E-state index is 0.481. The third-order valence-electron chi connectivity index (χ3n) is 2.35. The summed E-state index contributed by atoms with van der Waals surface area (Å²) in [5.74, 6) is 0. The van der Waals surface area contributed by atoms with Crippen LogP contribution >= 0.6 is 11.6 Å². The van der Waals surface area contributed by atoms with E-state index in [9.17, 15) is 0 Å². The minimum Gasteiger partial charge on any atom is -0.319 e. The molecule has 1 rings (SSSR count). The Balaban J connectivity index is 0. The smallest absolute Gasteiger partial charge is 0.0405 e. The minimum atomic E-state index is 0.481. The summed E-state index contributed by atoms with van der Waals surface area (Å²) in [5, 5.41) is 3.95. The van der Waals surface area contributed by atoms with Gasteiger partial charge in [-0.1, -0.05) is 64.4 Å². The van der Waals surface area contributed by atoms with E-state index in [2.05, 4.69) is 26.1 Å². The van der Waals surface area contributed by atoms with Gasteiger partial charge in [0.15, 0.2) is 0 Å². The Hall–Kier alpha value is -0.530. The van der Waals surface area contributed by atoms with Crippen LogP contribution in [0.2, 0.25) is 5.02 Å². The van der Waals surface area contributed by atoms with Crippen molar-refractivity contribution in [3.63, 3.8) is 0 Å². The molecule has 17 heavy (non-hydrogen) atoms. The predicted molar refractivity (Wildman–Crippen MR) is 80.8 cm³/mol. The lowest BCUT2D eigenvalue weighted by atomic mass is 9.90. The predicted octanol–water partition coefficient (Wildman–Crippen LogP) is 5.01. The molecule has 1 N–H and O–H groups in total. The van der Waals surface area contributed by atoms with Crippen molar-refractivity contribution in [2.75, 3.05) is 13.6 Å². The zero-order valence-electron chi connectivity index (χ0n) is 12.2. The molecule has 1 nitrogen and oxygen atoms in total. The van der Waals surface area contributed by atoms with E-state index < -0.39 is 0 Å². The fourth-order valence-electron chi connectivity index (χ4n) is 1.02. The zero-order valence-corrected chi connectivity index (χ0v) is 12.9. The van der Waals surface area contributed by atoms with Crippen LogP contribution < -0.4 is 5.32 Å². The molecule has 0 fully saturated rings. The van der Waals surface area contributed by atoms with Crippen LogP contribution in [0, 0.1) is 5.41 Å². The lowest BCUT2D eigenvalue weighted by Crippen LogP contribution is -2.25. The highest BCUT2D eigenvalue weighted by atomic mass is 35.5. The Bertz CT molecular complexity index is 244. The topological polar surface area (TPSA) is 12.0 Å². The molecule has 1 aromatic rings. The first-order chi connectivity index (χ1) is 8.02. The average Bonchev–Trinajstić information content (AvgIpc) is 2.33. The molecule has 0 heterocycles. The summed E-state index contributed by atoms with van der Waals surface area (Å²) in [6, 6.07) is 9.44. The fourth-order valence-corrected chi connectivity index (χ4v) is 1.16. The summed E-state index contributed by atoms with van der Waals surface area (Å²) >= 11 is 5.54. The van der Waals surface area contributed by atoms with Crippen molar-refractivity contribution in [2.24, 2.45) is 5.41 Å². The highest BCUT2D eigenvalue weighted by molar-refractivity contribution is 6.30. The monoisotopic (exact) mass is 257 g/mol. The van der Waals surface area contributed by atoms with Crippen molar-refractivity contribution in [3.05, 3.63) is 35.4 Å². The Morgan fingerprint density at radius 2 is 1.59 bits per heavy atom. The summed E-state index contributed by atoms with van der Waals surface area (Å²) < 4.78 is 0. The quantitative estimate of drug-likeness (QED) is 0.803. The number of hydrogen-bond acceptors (Lipinski definition) is 1. The van der Waals surface area contributed by atoms with Gasteiger partial charge in [-0.05, 0) is 37.6 Å². The molecule has 0 amide bonds. The standard InChI is InChI=1S/C7H17N.C6H5Cl.C2H6/c1-5-7(2,3)6-8-4;7-6-4-2-1-3-5-6;1-2/h8H,5-6H2,1-4H3;1-5H;1-2H3. The molecule has 0 saturated heterocycles. The second-order valence-electron chi connectivity index (χ2n) is 4.34. The lowest BCUT2D eigenvalue weighted by Gasteiger charge is -2.21. The van der Waals surface area contributed by atoms with Gasteiger partial charge >= 0.3 is 0 Å². The van der Waals surface area contributed by atoms with Crippen LogP contribution in [-0.4, -0.2) is 13.6 Å². The zero-order chi connectivity index (χ0) is 13.7. The van der Waals surface area contributed by atoms with Crippen LogP contribution in [0.4, 0.5) is 0 Å². The van der Waals surface area contributed by atoms with Gasteiger partial charge in [-0.2, -0.15) is 0 Å². The summed E-state index contributed by atoms with van der Waals surface area (Å²) in [6.07, 6.45) is 1.24. The Morgan fingerprint density at radius 1 is 1.12 bits per heavy atom. The van der Waals surface area contributed by atoms with Crippen molar-refractivity contribution in [1.29, 1.82) is 0 Å². The molecule has 0 aliphatic heterocycles. The Kier molecular flexibility index (Phi) is 13.2. The van der Waals surface area contributed by atoms with E-state index >= 15 is 0 Å². The van der Waals surface area contributed by atoms with Crippen LogP contribution in [0.5, 0.6) is 0 Å². The number of benzene rings is 1. The maximum absolute atomic E-state index is 5.54. The molecule has 0 aliphatic carbocycles. The number of halogens is 1. The molecule has 0 spiro atoms. The van der Waals surface area contributed by atoms with Crippen molar-refractivity contribution < 1.29 is 0 Å². The van der Waals surface area contributed by atoms with Gasteiger partial charge in [-0.3, -0.25) is 0 Å². The molecule has 100 valence electrons. The van der Waals surface area contributed by atoms with E-state index in [-0.39, 0.29) is 0 Å². The second kappa shape index (κ2) is 11.9. The SMILES string of the molecule is CC.CCC(C)(C)CNC.Clc1ccccc1. The summed E-state index contributed by atoms with van der Waals surface area (Å²) in [6.45, 7) is 11.9. The third-order valence-corrected chi connectivity index (χ3v) is 2.60. The van der Waals surface area contributed by atoms with Gasteiger partial charge < -0.3 is 5.32 Å². The molecule has 0 atom stereocenters. The molecule has 2 heteroatoms. The molecular weight excluding hydrogens is 230 g/mol.